The maximum atomic E-state index is 9.95. The lowest BCUT2D eigenvalue weighted by atomic mass is 11.1. The first-order valence-corrected chi connectivity index (χ1v) is 2.70. The molecule has 0 radical (unpaired) electrons. The normalized spacial score (nSPS) is 9.50. The van der Waals surface area contributed by atoms with Crippen LogP contribution in [0, 0.1) is 0 Å². The van der Waals surface area contributed by atoms with Gasteiger partial charge in [-0.05, 0) is 0 Å². The number of nitrogens with zero attached hydrogens (tertiary/aromatic N) is 3. The Morgan fingerprint density at radius 3 is 2.38 bits per heavy atom. The summed E-state index contributed by atoms with van der Waals surface area (Å²) in [5.74, 6) is 0. The zero-order valence-electron chi connectivity index (χ0n) is 3.85. The molecular weight excluding hydrogens is 125 g/mol. The topological polar surface area (TPSA) is 55.7 Å². The van der Waals surface area contributed by atoms with Gasteiger partial charge in [-0.2, -0.15) is 0 Å². The second-order valence-electron chi connectivity index (χ2n) is 1.03. The van der Waals surface area contributed by atoms with Crippen molar-refractivity contribution in [1.82, 2.24) is 15.0 Å². The molecule has 0 aliphatic rings. The molecule has 4 nitrogen and oxygen atoms in total. The fraction of sp³-hybridized carbons (Fsp3) is 0. The summed E-state index contributed by atoms with van der Waals surface area (Å²) in [5, 5.41) is 0. The molecule has 0 saturated carbocycles. The molecule has 5 heteroatoms. The Bertz CT molecular complexity index is 177. The summed E-state index contributed by atoms with van der Waals surface area (Å²) in [7, 11) is -0.163. The first-order chi connectivity index (χ1) is 3.93. The van der Waals surface area contributed by atoms with Gasteiger partial charge in [-0.3, -0.25) is 4.57 Å². The summed E-state index contributed by atoms with van der Waals surface area (Å²) in [5.41, 5.74) is 0.264. The zero-order valence-corrected chi connectivity index (χ0v) is 4.75. The lowest BCUT2D eigenvalue weighted by Crippen LogP contribution is -2.02. The summed E-state index contributed by atoms with van der Waals surface area (Å²) in [6.45, 7) is 0. The first kappa shape index (κ1) is 5.25. The molecule has 0 N–H and O–H groups in total. The van der Waals surface area contributed by atoms with Gasteiger partial charge in [-0.15, -0.1) is 0 Å². The van der Waals surface area contributed by atoms with Gasteiger partial charge in [0.2, 0.25) is 14.0 Å². The molecule has 0 amide bonds. The van der Waals surface area contributed by atoms with Gasteiger partial charge in [0, 0.05) is 0 Å². The Balaban J connectivity index is 2.99. The van der Waals surface area contributed by atoms with Crippen LogP contribution >= 0.6 is 8.46 Å². The van der Waals surface area contributed by atoms with E-state index in [2.05, 4.69) is 15.0 Å². The minimum Gasteiger partial charge on any atom is -0.266 e. The van der Waals surface area contributed by atoms with Crippen LogP contribution in [-0.4, -0.2) is 15.0 Å². The smallest absolute Gasteiger partial charge is 0.234 e. The largest absolute Gasteiger partial charge is 0.266 e. The van der Waals surface area contributed by atoms with Crippen molar-refractivity contribution in [2.75, 3.05) is 0 Å². The van der Waals surface area contributed by atoms with Gasteiger partial charge in [0.1, 0.15) is 12.7 Å². The van der Waals surface area contributed by atoms with E-state index in [4.69, 9.17) is 0 Å². The third-order valence-electron chi connectivity index (χ3n) is 0.561. The van der Waals surface area contributed by atoms with Gasteiger partial charge >= 0.3 is 0 Å². The van der Waals surface area contributed by atoms with Crippen LogP contribution in [0.1, 0.15) is 0 Å². The second kappa shape index (κ2) is 2.43. The maximum Gasteiger partial charge on any atom is 0.234 e. The van der Waals surface area contributed by atoms with E-state index in [0.717, 1.165) is 0 Å². The van der Waals surface area contributed by atoms with Crippen molar-refractivity contribution in [3.8, 4) is 0 Å². The van der Waals surface area contributed by atoms with Crippen LogP contribution in [0.3, 0.4) is 0 Å². The first-order valence-electron chi connectivity index (χ1n) is 1.89. The third-order valence-corrected chi connectivity index (χ3v) is 0.956. The maximum absolute atomic E-state index is 9.95. The molecule has 1 aromatic rings. The van der Waals surface area contributed by atoms with Gasteiger partial charge in [0.25, 0.3) is 0 Å². The molecule has 0 bridgehead atoms. The Morgan fingerprint density at radius 2 is 2.00 bits per heavy atom. The van der Waals surface area contributed by atoms with Crippen molar-refractivity contribution in [1.29, 1.82) is 0 Å². The van der Waals surface area contributed by atoms with Crippen LogP contribution < -0.4 is 5.57 Å². The highest BCUT2D eigenvalue weighted by Crippen LogP contribution is 1.81. The van der Waals surface area contributed by atoms with Crippen LogP contribution in [0.2, 0.25) is 0 Å². The minimum atomic E-state index is -0.163. The van der Waals surface area contributed by atoms with E-state index in [1.165, 1.54) is 12.7 Å². The van der Waals surface area contributed by atoms with Crippen LogP contribution in [0.4, 0.5) is 0 Å². The Kier molecular flexibility index (Phi) is 1.59. The quantitative estimate of drug-likeness (QED) is 0.489. The predicted octanol–water partition coefficient (Wildman–Crippen LogP) is -0.211. The number of rotatable bonds is 1. The van der Waals surface area contributed by atoms with Gasteiger partial charge in [0.05, 0.1) is 0 Å². The standard InChI is InChI=1S/C3H2N3OP/c7-8-3-5-1-4-2-6-3/h1-2H. The van der Waals surface area contributed by atoms with Crippen molar-refractivity contribution < 1.29 is 4.57 Å². The molecule has 0 aliphatic heterocycles. The van der Waals surface area contributed by atoms with E-state index in [9.17, 15) is 4.57 Å². The Labute approximate surface area is 47.2 Å². The Hall–Kier alpha value is -0.890. The van der Waals surface area contributed by atoms with Gasteiger partial charge in [0.15, 0.2) is 0 Å². The molecule has 1 rings (SSSR count). The van der Waals surface area contributed by atoms with Gasteiger partial charge < -0.3 is 0 Å². The molecule has 0 aliphatic carbocycles. The van der Waals surface area contributed by atoms with E-state index in [1.807, 2.05) is 0 Å². The lowest BCUT2D eigenvalue weighted by molar-refractivity contribution is 0.602. The number of hydrogen-bond donors (Lipinski definition) is 0. The highest BCUT2D eigenvalue weighted by Gasteiger charge is 1.86. The number of hydrogen-bond acceptors (Lipinski definition) is 4. The molecule has 8 heavy (non-hydrogen) atoms. The summed E-state index contributed by atoms with van der Waals surface area (Å²) in [6, 6.07) is 0. The van der Waals surface area contributed by atoms with Crippen LogP contribution in [0.25, 0.3) is 0 Å². The molecule has 0 saturated heterocycles. The highest BCUT2D eigenvalue weighted by atomic mass is 31.1. The van der Waals surface area contributed by atoms with Gasteiger partial charge in [-0.1, -0.05) is 0 Å². The summed E-state index contributed by atoms with van der Waals surface area (Å²) >= 11 is 0. The summed E-state index contributed by atoms with van der Waals surface area (Å²) < 4.78 is 9.95. The summed E-state index contributed by atoms with van der Waals surface area (Å²) in [6.07, 6.45) is 2.60. The third kappa shape index (κ3) is 1.04. The highest BCUT2D eigenvalue weighted by molar-refractivity contribution is 7.33. The van der Waals surface area contributed by atoms with Crippen LogP contribution in [0.15, 0.2) is 12.7 Å². The number of aromatic nitrogens is 3. The van der Waals surface area contributed by atoms with Crippen molar-refractivity contribution in [2.45, 2.75) is 0 Å². The lowest BCUT2D eigenvalue weighted by Gasteiger charge is -1.78. The molecule has 40 valence electrons. The molecule has 0 fully saturated rings. The Morgan fingerprint density at radius 1 is 1.38 bits per heavy atom. The average Bonchev–Trinajstić information content (AvgIpc) is 1.90. The SMILES string of the molecule is O=Pc1ncncn1. The predicted molar refractivity (Wildman–Crippen MR) is 27.1 cm³/mol. The fourth-order valence-electron chi connectivity index (χ4n) is 0.280. The van der Waals surface area contributed by atoms with Crippen LogP contribution in [0.5, 0.6) is 0 Å². The zero-order chi connectivity index (χ0) is 5.82. The van der Waals surface area contributed by atoms with Crippen molar-refractivity contribution in [2.24, 2.45) is 0 Å². The monoisotopic (exact) mass is 127 g/mol. The molecule has 0 spiro atoms. The minimum absolute atomic E-state index is 0.163. The van der Waals surface area contributed by atoms with E-state index in [-0.39, 0.29) is 14.0 Å². The summed E-state index contributed by atoms with van der Waals surface area (Å²) in [4.78, 5) is 10.6. The average molecular weight is 127 g/mol. The van der Waals surface area contributed by atoms with E-state index >= 15 is 0 Å². The molecule has 0 unspecified atom stereocenters. The molecular formula is C3H2N3OP. The van der Waals surface area contributed by atoms with Gasteiger partial charge in [-0.25, -0.2) is 15.0 Å². The van der Waals surface area contributed by atoms with E-state index < -0.39 is 0 Å². The van der Waals surface area contributed by atoms with E-state index in [1.54, 1.807) is 0 Å². The molecule has 1 aromatic heterocycles. The van der Waals surface area contributed by atoms with Crippen molar-refractivity contribution in [3.63, 3.8) is 0 Å². The fourth-order valence-corrected chi connectivity index (χ4v) is 0.478. The molecule has 1 heterocycles. The van der Waals surface area contributed by atoms with E-state index in [0.29, 0.717) is 0 Å². The second-order valence-corrected chi connectivity index (χ2v) is 1.61. The van der Waals surface area contributed by atoms with Crippen LogP contribution in [-0.2, 0) is 4.57 Å². The molecule has 0 atom stereocenters. The molecule has 0 aromatic carbocycles. The van der Waals surface area contributed by atoms with Crippen molar-refractivity contribution >= 4 is 14.0 Å². The van der Waals surface area contributed by atoms with Crippen molar-refractivity contribution in [3.05, 3.63) is 12.7 Å².